The average molecular weight is 310 g/mol. The zero-order chi connectivity index (χ0) is 15.2. The summed E-state index contributed by atoms with van der Waals surface area (Å²) >= 11 is 0. The van der Waals surface area contributed by atoms with Crippen molar-refractivity contribution in [2.75, 3.05) is 18.1 Å². The van der Waals surface area contributed by atoms with Crippen LogP contribution in [0.3, 0.4) is 0 Å². The third-order valence-electron chi connectivity index (χ3n) is 3.55. The summed E-state index contributed by atoms with van der Waals surface area (Å²) in [6, 6.07) is 6.03. The molecular weight excluding hydrogens is 296 g/mol. The van der Waals surface area contributed by atoms with Crippen molar-refractivity contribution in [3.63, 3.8) is 0 Å². The molecule has 2 heterocycles. The molecule has 1 saturated heterocycles. The minimum Gasteiger partial charge on any atom is -0.324 e. The highest BCUT2D eigenvalue weighted by Gasteiger charge is 2.44. The first-order chi connectivity index (χ1) is 9.85. The van der Waals surface area contributed by atoms with Crippen molar-refractivity contribution in [1.29, 1.82) is 0 Å². The largest absolute Gasteiger partial charge is 0.324 e. The van der Waals surface area contributed by atoms with Crippen LogP contribution in [0.2, 0.25) is 0 Å². The lowest BCUT2D eigenvalue weighted by Crippen LogP contribution is -2.40. The molecule has 0 radical (unpaired) electrons. The zero-order valence-corrected chi connectivity index (χ0v) is 12.1. The van der Waals surface area contributed by atoms with Crippen LogP contribution in [-0.2, 0) is 19.1 Å². The van der Waals surface area contributed by atoms with Crippen molar-refractivity contribution in [2.24, 2.45) is 0 Å². The standard InChI is InChI=1S/C13H14N2O5S/c1-21(18,19)20-8-6-11-12(16)14-10-5-3-2-4-9(10)13(17)15(11)7-8/h2-5,8,11H,6-7H2,1H3,(H,14,16). The summed E-state index contributed by atoms with van der Waals surface area (Å²) < 4.78 is 27.3. The maximum Gasteiger partial charge on any atom is 0.264 e. The highest BCUT2D eigenvalue weighted by atomic mass is 32.2. The molecule has 1 aromatic carbocycles. The second-order valence-electron chi connectivity index (χ2n) is 5.17. The van der Waals surface area contributed by atoms with Crippen molar-refractivity contribution in [3.8, 4) is 0 Å². The third-order valence-corrected chi connectivity index (χ3v) is 4.17. The Hall–Kier alpha value is -1.93. The Morgan fingerprint density at radius 2 is 2.00 bits per heavy atom. The number of anilines is 1. The topological polar surface area (TPSA) is 92.8 Å². The van der Waals surface area contributed by atoms with E-state index in [9.17, 15) is 18.0 Å². The summed E-state index contributed by atoms with van der Waals surface area (Å²) in [4.78, 5) is 26.1. The monoisotopic (exact) mass is 310 g/mol. The van der Waals surface area contributed by atoms with Gasteiger partial charge in [-0.1, -0.05) is 12.1 Å². The molecule has 1 aromatic rings. The smallest absolute Gasteiger partial charge is 0.264 e. The molecule has 0 aliphatic carbocycles. The molecule has 0 bridgehead atoms. The van der Waals surface area contributed by atoms with Crippen LogP contribution in [0.4, 0.5) is 5.69 Å². The number of nitrogens with zero attached hydrogens (tertiary/aromatic N) is 1. The maximum atomic E-state index is 12.5. The Bertz CT molecular complexity index is 715. The van der Waals surface area contributed by atoms with Crippen molar-refractivity contribution in [2.45, 2.75) is 18.6 Å². The predicted molar refractivity (Wildman–Crippen MR) is 74.2 cm³/mol. The van der Waals surface area contributed by atoms with Gasteiger partial charge in [-0.25, -0.2) is 0 Å². The summed E-state index contributed by atoms with van der Waals surface area (Å²) in [5.41, 5.74) is 0.871. The number of hydrogen-bond donors (Lipinski definition) is 1. The minimum absolute atomic E-state index is 0.0817. The van der Waals surface area contributed by atoms with Crippen LogP contribution in [-0.4, -0.2) is 50.1 Å². The number of hydrogen-bond acceptors (Lipinski definition) is 5. The highest BCUT2D eigenvalue weighted by Crippen LogP contribution is 2.30. The van der Waals surface area contributed by atoms with Gasteiger partial charge in [-0.3, -0.25) is 13.8 Å². The first-order valence-corrected chi connectivity index (χ1v) is 8.26. The van der Waals surface area contributed by atoms with Gasteiger partial charge in [-0.15, -0.1) is 0 Å². The first kappa shape index (κ1) is 14.0. The van der Waals surface area contributed by atoms with Crippen LogP contribution in [0, 0.1) is 0 Å². The lowest BCUT2D eigenvalue weighted by Gasteiger charge is -2.19. The van der Waals surface area contributed by atoms with Gasteiger partial charge in [0.1, 0.15) is 6.04 Å². The molecule has 2 aliphatic heterocycles. The Labute approximate surface area is 122 Å². The fraction of sp³-hybridized carbons (Fsp3) is 0.385. The summed E-state index contributed by atoms with van der Waals surface area (Å²) in [5.74, 6) is -0.624. The molecule has 1 N–H and O–H groups in total. The summed E-state index contributed by atoms with van der Waals surface area (Å²) in [6.07, 6.45) is 0.428. The van der Waals surface area contributed by atoms with Gasteiger partial charge in [0, 0.05) is 13.0 Å². The summed E-state index contributed by atoms with van der Waals surface area (Å²) in [5, 5.41) is 2.70. The number of rotatable bonds is 2. The normalized spacial score (nSPS) is 25.1. The van der Waals surface area contributed by atoms with Crippen LogP contribution in [0.15, 0.2) is 24.3 Å². The fourth-order valence-corrected chi connectivity index (χ4v) is 3.37. The Morgan fingerprint density at radius 3 is 2.71 bits per heavy atom. The van der Waals surface area contributed by atoms with Crippen LogP contribution in [0.5, 0.6) is 0 Å². The van der Waals surface area contributed by atoms with Gasteiger partial charge >= 0.3 is 0 Å². The van der Waals surface area contributed by atoms with Gasteiger partial charge in [0.2, 0.25) is 5.91 Å². The van der Waals surface area contributed by atoms with E-state index in [1.54, 1.807) is 24.3 Å². The number of benzene rings is 1. The van der Waals surface area contributed by atoms with E-state index in [0.717, 1.165) is 6.26 Å². The molecule has 21 heavy (non-hydrogen) atoms. The van der Waals surface area contributed by atoms with E-state index in [-0.39, 0.29) is 24.8 Å². The summed E-state index contributed by atoms with van der Waals surface area (Å²) in [7, 11) is -3.62. The van der Waals surface area contributed by atoms with Crippen LogP contribution in [0.1, 0.15) is 16.8 Å². The Kier molecular flexibility index (Phi) is 3.22. The number of para-hydroxylation sites is 1. The van der Waals surface area contributed by atoms with E-state index in [0.29, 0.717) is 11.3 Å². The molecule has 0 aromatic heterocycles. The molecule has 2 atom stereocenters. The molecular formula is C13H14N2O5S. The van der Waals surface area contributed by atoms with Crippen molar-refractivity contribution < 1.29 is 22.2 Å². The van der Waals surface area contributed by atoms with Gasteiger partial charge in [-0.2, -0.15) is 8.42 Å². The number of nitrogens with one attached hydrogen (secondary N) is 1. The molecule has 1 fully saturated rings. The first-order valence-electron chi connectivity index (χ1n) is 6.44. The van der Waals surface area contributed by atoms with Gasteiger partial charge in [-0.05, 0) is 12.1 Å². The fourth-order valence-electron chi connectivity index (χ4n) is 2.74. The number of carbonyl (C=O) groups excluding carboxylic acids is 2. The van der Waals surface area contributed by atoms with Crippen LogP contribution in [0.25, 0.3) is 0 Å². The quantitative estimate of drug-likeness (QED) is 0.788. The van der Waals surface area contributed by atoms with E-state index >= 15 is 0 Å². The SMILES string of the molecule is CS(=O)(=O)OC1CC2C(=O)Nc3ccccc3C(=O)N2C1. The lowest BCUT2D eigenvalue weighted by atomic mass is 10.1. The number of carbonyl (C=O) groups is 2. The van der Waals surface area contributed by atoms with E-state index < -0.39 is 22.3 Å². The molecule has 112 valence electrons. The molecule has 0 saturated carbocycles. The van der Waals surface area contributed by atoms with Gasteiger partial charge in [0.05, 0.1) is 23.6 Å². The third kappa shape index (κ3) is 2.64. The van der Waals surface area contributed by atoms with E-state index in [2.05, 4.69) is 5.32 Å². The second kappa shape index (κ2) is 4.81. The zero-order valence-electron chi connectivity index (χ0n) is 11.3. The predicted octanol–water partition coefficient (Wildman–Crippen LogP) is 0.198. The van der Waals surface area contributed by atoms with Crippen molar-refractivity contribution in [1.82, 2.24) is 4.90 Å². The van der Waals surface area contributed by atoms with E-state index in [1.807, 2.05) is 0 Å². The molecule has 2 aliphatic rings. The highest BCUT2D eigenvalue weighted by molar-refractivity contribution is 7.86. The second-order valence-corrected chi connectivity index (χ2v) is 6.77. The van der Waals surface area contributed by atoms with Crippen LogP contribution < -0.4 is 5.32 Å². The molecule has 0 spiro atoms. The Balaban J connectivity index is 1.92. The van der Waals surface area contributed by atoms with Crippen LogP contribution >= 0.6 is 0 Å². The van der Waals surface area contributed by atoms with Crippen molar-refractivity contribution in [3.05, 3.63) is 29.8 Å². The molecule has 2 unspecified atom stereocenters. The van der Waals surface area contributed by atoms with Crippen molar-refractivity contribution >= 4 is 27.6 Å². The van der Waals surface area contributed by atoms with E-state index in [4.69, 9.17) is 4.18 Å². The molecule has 2 amide bonds. The number of fused-ring (bicyclic) bond motifs is 2. The molecule has 8 heteroatoms. The number of amides is 2. The minimum atomic E-state index is -3.62. The molecule has 3 rings (SSSR count). The Morgan fingerprint density at radius 1 is 1.29 bits per heavy atom. The summed E-state index contributed by atoms with van der Waals surface area (Å²) in [6.45, 7) is 0.0817. The average Bonchev–Trinajstić information content (AvgIpc) is 2.76. The maximum absolute atomic E-state index is 12.5. The lowest BCUT2D eigenvalue weighted by molar-refractivity contribution is -0.119. The van der Waals surface area contributed by atoms with Gasteiger partial charge in [0.15, 0.2) is 0 Å². The van der Waals surface area contributed by atoms with Gasteiger partial charge < -0.3 is 10.2 Å². The van der Waals surface area contributed by atoms with Gasteiger partial charge in [0.25, 0.3) is 16.0 Å². The van der Waals surface area contributed by atoms with E-state index in [1.165, 1.54) is 4.90 Å². The molecule has 7 nitrogen and oxygen atoms in total.